The van der Waals surface area contributed by atoms with Crippen molar-refractivity contribution in [3.63, 3.8) is 0 Å². The second-order valence-corrected chi connectivity index (χ2v) is 5.68. The zero-order valence-electron chi connectivity index (χ0n) is 9.68. The number of para-hydroxylation sites is 1. The number of anilines is 1. The van der Waals surface area contributed by atoms with Crippen molar-refractivity contribution in [2.75, 3.05) is 5.32 Å². The van der Waals surface area contributed by atoms with Crippen LogP contribution in [-0.2, 0) is 10.3 Å². The van der Waals surface area contributed by atoms with Crippen molar-refractivity contribution >= 4 is 38.9 Å². The molecule has 6 heteroatoms. The lowest BCUT2D eigenvalue weighted by atomic mass is 10.0. The maximum atomic E-state index is 11.7. The summed E-state index contributed by atoms with van der Waals surface area (Å²) < 4.78 is 0.869. The molecule has 3 N–H and O–H groups in total. The summed E-state index contributed by atoms with van der Waals surface area (Å²) in [6.45, 7) is 1.73. The summed E-state index contributed by atoms with van der Waals surface area (Å²) in [6.07, 6.45) is 1.66. The van der Waals surface area contributed by atoms with Crippen molar-refractivity contribution in [3.8, 4) is 0 Å². The minimum absolute atomic E-state index is 0.465. The van der Waals surface area contributed by atoms with Gasteiger partial charge in [0.2, 0.25) is 5.91 Å². The molecule has 0 fully saturated rings. The molecule has 2 rings (SSSR count). The molecule has 1 heterocycles. The van der Waals surface area contributed by atoms with E-state index in [1.54, 1.807) is 13.1 Å². The molecular formula is C12H12BrN3OS. The number of benzene rings is 1. The maximum absolute atomic E-state index is 11.7. The second-order valence-electron chi connectivity index (χ2n) is 3.93. The Morgan fingerprint density at radius 3 is 2.78 bits per heavy atom. The molecule has 0 aliphatic heterocycles. The summed E-state index contributed by atoms with van der Waals surface area (Å²) in [5.41, 5.74) is 5.29. The molecule has 18 heavy (non-hydrogen) atoms. The summed E-state index contributed by atoms with van der Waals surface area (Å²) in [5, 5.41) is 5.61. The van der Waals surface area contributed by atoms with E-state index in [1.165, 1.54) is 11.3 Å². The highest BCUT2D eigenvalue weighted by atomic mass is 79.9. The van der Waals surface area contributed by atoms with Crippen LogP contribution in [0.25, 0.3) is 0 Å². The number of carbonyl (C=O) groups excluding carboxylic acids is 1. The van der Waals surface area contributed by atoms with Gasteiger partial charge in [0, 0.05) is 21.7 Å². The van der Waals surface area contributed by atoms with Crippen LogP contribution in [0.4, 0.5) is 5.69 Å². The van der Waals surface area contributed by atoms with Gasteiger partial charge in [-0.05, 0) is 35.0 Å². The van der Waals surface area contributed by atoms with E-state index >= 15 is 0 Å². The van der Waals surface area contributed by atoms with E-state index < -0.39 is 11.4 Å². The third kappa shape index (κ3) is 2.39. The van der Waals surface area contributed by atoms with Crippen LogP contribution >= 0.6 is 27.3 Å². The molecule has 4 nitrogen and oxygen atoms in total. The van der Waals surface area contributed by atoms with Gasteiger partial charge in [-0.15, -0.1) is 11.3 Å². The van der Waals surface area contributed by atoms with Crippen LogP contribution < -0.4 is 11.1 Å². The molecule has 0 radical (unpaired) electrons. The standard InChI is InChI=1S/C12H12BrN3OS/c1-12(10(14)17,11-15-6-7-18-11)16-9-5-3-2-4-8(9)13/h2-7,16H,1H3,(H2,14,17). The van der Waals surface area contributed by atoms with Crippen molar-refractivity contribution in [2.24, 2.45) is 5.73 Å². The lowest BCUT2D eigenvalue weighted by molar-refractivity contribution is -0.122. The van der Waals surface area contributed by atoms with Gasteiger partial charge in [0.15, 0.2) is 5.54 Å². The van der Waals surface area contributed by atoms with Crippen molar-refractivity contribution in [1.82, 2.24) is 4.98 Å². The number of nitrogens with two attached hydrogens (primary N) is 1. The van der Waals surface area contributed by atoms with Gasteiger partial charge in [-0.1, -0.05) is 12.1 Å². The van der Waals surface area contributed by atoms with Gasteiger partial charge in [-0.25, -0.2) is 4.98 Å². The topological polar surface area (TPSA) is 68.0 Å². The molecule has 1 aromatic heterocycles. The number of hydrogen-bond acceptors (Lipinski definition) is 4. The highest BCUT2D eigenvalue weighted by molar-refractivity contribution is 9.10. The first-order valence-electron chi connectivity index (χ1n) is 5.26. The molecule has 1 unspecified atom stereocenters. The fourth-order valence-corrected chi connectivity index (χ4v) is 2.67. The molecule has 0 aliphatic rings. The van der Waals surface area contributed by atoms with Gasteiger partial charge in [-0.2, -0.15) is 0 Å². The van der Waals surface area contributed by atoms with Crippen LogP contribution in [0.3, 0.4) is 0 Å². The minimum atomic E-state index is -1.02. The van der Waals surface area contributed by atoms with E-state index in [9.17, 15) is 4.79 Å². The number of nitrogens with one attached hydrogen (secondary N) is 1. The zero-order chi connectivity index (χ0) is 13.2. The number of rotatable bonds is 4. The molecule has 0 saturated heterocycles. The molecule has 0 saturated carbocycles. The Labute approximate surface area is 117 Å². The van der Waals surface area contributed by atoms with E-state index in [-0.39, 0.29) is 0 Å². The Bertz CT molecular complexity index is 558. The summed E-state index contributed by atoms with van der Waals surface area (Å²) in [4.78, 5) is 15.9. The number of primary amides is 1. The van der Waals surface area contributed by atoms with E-state index in [2.05, 4.69) is 26.2 Å². The molecule has 1 aromatic carbocycles. The largest absolute Gasteiger partial charge is 0.367 e. The number of amides is 1. The monoisotopic (exact) mass is 325 g/mol. The van der Waals surface area contributed by atoms with Crippen LogP contribution in [0.5, 0.6) is 0 Å². The number of nitrogens with zero attached hydrogens (tertiary/aromatic N) is 1. The van der Waals surface area contributed by atoms with Crippen molar-refractivity contribution in [1.29, 1.82) is 0 Å². The second kappa shape index (κ2) is 5.07. The van der Waals surface area contributed by atoms with Crippen LogP contribution in [0, 0.1) is 0 Å². The number of aromatic nitrogens is 1. The SMILES string of the molecule is CC(Nc1ccccc1Br)(C(N)=O)c1nccs1. The predicted molar refractivity (Wildman–Crippen MR) is 76.4 cm³/mol. The van der Waals surface area contributed by atoms with Crippen molar-refractivity contribution in [3.05, 3.63) is 45.3 Å². The van der Waals surface area contributed by atoms with Crippen LogP contribution in [0.2, 0.25) is 0 Å². The van der Waals surface area contributed by atoms with Crippen LogP contribution in [0.15, 0.2) is 40.3 Å². The number of halogens is 1. The van der Waals surface area contributed by atoms with Gasteiger partial charge < -0.3 is 11.1 Å². The van der Waals surface area contributed by atoms with E-state index in [1.807, 2.05) is 29.6 Å². The molecule has 1 amide bonds. The normalized spacial score (nSPS) is 13.9. The first-order chi connectivity index (χ1) is 8.54. The summed E-state index contributed by atoms with van der Waals surface area (Å²) in [7, 11) is 0. The fraction of sp³-hybridized carbons (Fsp3) is 0.167. The van der Waals surface area contributed by atoms with Gasteiger partial charge in [-0.3, -0.25) is 4.79 Å². The quantitative estimate of drug-likeness (QED) is 0.908. The third-order valence-corrected chi connectivity index (χ3v) is 4.30. The van der Waals surface area contributed by atoms with Gasteiger partial charge in [0.05, 0.1) is 0 Å². The summed E-state index contributed by atoms with van der Waals surface area (Å²) >= 11 is 4.82. The lowest BCUT2D eigenvalue weighted by Gasteiger charge is -2.26. The minimum Gasteiger partial charge on any atom is -0.367 e. The number of thiazole rings is 1. The van der Waals surface area contributed by atoms with Crippen molar-refractivity contribution < 1.29 is 4.79 Å². The van der Waals surface area contributed by atoms with Crippen molar-refractivity contribution in [2.45, 2.75) is 12.5 Å². The Morgan fingerprint density at radius 2 is 2.22 bits per heavy atom. The Balaban J connectivity index is 2.39. The number of hydrogen-bond donors (Lipinski definition) is 2. The fourth-order valence-electron chi connectivity index (χ4n) is 1.52. The molecule has 0 bridgehead atoms. The average molecular weight is 326 g/mol. The highest BCUT2D eigenvalue weighted by Gasteiger charge is 2.36. The molecular weight excluding hydrogens is 314 g/mol. The van der Waals surface area contributed by atoms with Crippen LogP contribution in [-0.4, -0.2) is 10.9 Å². The Morgan fingerprint density at radius 1 is 1.50 bits per heavy atom. The van der Waals surface area contributed by atoms with Gasteiger partial charge in [0.25, 0.3) is 0 Å². The van der Waals surface area contributed by atoms with E-state index in [4.69, 9.17) is 5.73 Å². The predicted octanol–water partition coefficient (Wildman–Crippen LogP) is 2.72. The zero-order valence-corrected chi connectivity index (χ0v) is 12.1. The highest BCUT2D eigenvalue weighted by Crippen LogP contribution is 2.31. The van der Waals surface area contributed by atoms with E-state index in [0.29, 0.717) is 5.01 Å². The van der Waals surface area contributed by atoms with E-state index in [0.717, 1.165) is 10.2 Å². The molecule has 94 valence electrons. The smallest absolute Gasteiger partial charge is 0.249 e. The molecule has 1 atom stereocenters. The molecule has 0 aliphatic carbocycles. The van der Waals surface area contributed by atoms with Gasteiger partial charge >= 0.3 is 0 Å². The Kier molecular flexibility index (Phi) is 3.68. The molecule has 2 aromatic rings. The third-order valence-electron chi connectivity index (χ3n) is 2.61. The average Bonchev–Trinajstić information content (AvgIpc) is 2.86. The summed E-state index contributed by atoms with van der Waals surface area (Å²) in [5.74, 6) is -0.465. The number of carbonyl (C=O) groups is 1. The maximum Gasteiger partial charge on any atom is 0.249 e. The lowest BCUT2D eigenvalue weighted by Crippen LogP contribution is -2.45. The van der Waals surface area contributed by atoms with Gasteiger partial charge in [0.1, 0.15) is 5.01 Å². The Hall–Kier alpha value is -1.40. The first kappa shape index (κ1) is 13.0. The molecule has 0 spiro atoms. The van der Waals surface area contributed by atoms with Crippen LogP contribution in [0.1, 0.15) is 11.9 Å². The first-order valence-corrected chi connectivity index (χ1v) is 6.94. The summed E-state index contributed by atoms with van der Waals surface area (Å²) in [6, 6.07) is 7.56.